The molecule has 0 saturated carbocycles. The molecule has 0 aliphatic carbocycles. The molecule has 2 aromatic heterocycles. The summed E-state index contributed by atoms with van der Waals surface area (Å²) >= 11 is 0. The van der Waals surface area contributed by atoms with Crippen LogP contribution in [0.4, 0.5) is 6.01 Å². The van der Waals surface area contributed by atoms with Crippen LogP contribution in [0.25, 0.3) is 0 Å². The first-order valence-electron chi connectivity index (χ1n) is 5.03. The largest absolute Gasteiger partial charge is 0.432 e. The minimum Gasteiger partial charge on any atom is -0.432 e. The first-order valence-corrected chi connectivity index (χ1v) is 5.03. The molecule has 0 aliphatic rings. The van der Waals surface area contributed by atoms with Crippen molar-refractivity contribution in [3.8, 4) is 0 Å². The minimum atomic E-state index is -0.795. The van der Waals surface area contributed by atoms with Gasteiger partial charge in [-0.15, -0.1) is 0 Å². The van der Waals surface area contributed by atoms with Crippen molar-refractivity contribution in [2.45, 2.75) is 13.0 Å². The normalized spacial score (nSPS) is 12.4. The van der Waals surface area contributed by atoms with Crippen molar-refractivity contribution in [2.75, 3.05) is 5.32 Å². The summed E-state index contributed by atoms with van der Waals surface area (Å²) in [6, 6.07) is -0.650. The zero-order chi connectivity index (χ0) is 12.4. The average Bonchev–Trinajstić information content (AvgIpc) is 2.87. The highest BCUT2D eigenvalue weighted by Gasteiger charge is 2.18. The monoisotopic (exact) mass is 235 g/mol. The van der Waals surface area contributed by atoms with Gasteiger partial charge in [-0.25, -0.2) is 0 Å². The molecule has 0 fully saturated rings. The molecule has 1 atom stereocenters. The number of carbonyl (C=O) groups excluding carboxylic acids is 1. The van der Waals surface area contributed by atoms with E-state index < -0.39 is 6.04 Å². The van der Waals surface area contributed by atoms with E-state index in [1.165, 1.54) is 6.26 Å². The Morgan fingerprint density at radius 2 is 2.41 bits per heavy atom. The quantitative estimate of drug-likeness (QED) is 0.800. The summed E-state index contributed by atoms with van der Waals surface area (Å²) in [7, 11) is 1.76. The topological polar surface area (TPSA) is 99.0 Å². The molecule has 0 radical (unpaired) electrons. The van der Waals surface area contributed by atoms with Gasteiger partial charge in [0.2, 0.25) is 5.91 Å². The van der Waals surface area contributed by atoms with E-state index in [0.29, 0.717) is 11.3 Å². The molecule has 2 heterocycles. The van der Waals surface area contributed by atoms with E-state index in [1.54, 1.807) is 31.0 Å². The van der Waals surface area contributed by atoms with Crippen LogP contribution in [0.15, 0.2) is 23.1 Å². The second-order valence-electron chi connectivity index (χ2n) is 3.71. The van der Waals surface area contributed by atoms with Gasteiger partial charge in [-0.05, 0) is 6.92 Å². The minimum absolute atomic E-state index is 0.145. The highest BCUT2D eigenvalue weighted by atomic mass is 16.4. The molecule has 0 saturated heterocycles. The number of hydrogen-bond donors (Lipinski definition) is 2. The van der Waals surface area contributed by atoms with Crippen molar-refractivity contribution >= 4 is 11.9 Å². The number of nitrogens with two attached hydrogens (primary N) is 1. The number of oxazole rings is 1. The Hall–Kier alpha value is -2.15. The lowest BCUT2D eigenvalue weighted by Crippen LogP contribution is -2.27. The number of rotatable bonds is 3. The van der Waals surface area contributed by atoms with Crippen LogP contribution in [0, 0.1) is 6.92 Å². The highest BCUT2D eigenvalue weighted by molar-refractivity contribution is 5.93. The van der Waals surface area contributed by atoms with Crippen molar-refractivity contribution in [1.29, 1.82) is 0 Å². The van der Waals surface area contributed by atoms with Gasteiger partial charge in [0.15, 0.2) is 0 Å². The summed E-state index contributed by atoms with van der Waals surface area (Å²) in [5.41, 5.74) is 7.09. The number of hydrogen-bond acceptors (Lipinski definition) is 5. The third-order valence-electron chi connectivity index (χ3n) is 2.22. The SMILES string of the molecule is Cc1coc(NC(=O)C(N)c2cnn(C)c2)n1. The van der Waals surface area contributed by atoms with Crippen LogP contribution < -0.4 is 11.1 Å². The lowest BCUT2D eigenvalue weighted by Gasteiger charge is -2.07. The molecule has 1 unspecified atom stereocenters. The van der Waals surface area contributed by atoms with Gasteiger partial charge in [0, 0.05) is 18.8 Å². The van der Waals surface area contributed by atoms with E-state index in [2.05, 4.69) is 15.4 Å². The smallest absolute Gasteiger partial charge is 0.301 e. The van der Waals surface area contributed by atoms with Crippen LogP contribution in [-0.4, -0.2) is 20.7 Å². The van der Waals surface area contributed by atoms with Gasteiger partial charge in [0.25, 0.3) is 0 Å². The summed E-state index contributed by atoms with van der Waals surface area (Å²) < 4.78 is 6.59. The van der Waals surface area contributed by atoms with Crippen LogP contribution >= 0.6 is 0 Å². The zero-order valence-corrected chi connectivity index (χ0v) is 9.54. The van der Waals surface area contributed by atoms with Crippen LogP contribution in [0.5, 0.6) is 0 Å². The van der Waals surface area contributed by atoms with Crippen molar-refractivity contribution in [1.82, 2.24) is 14.8 Å². The van der Waals surface area contributed by atoms with Crippen molar-refractivity contribution in [3.05, 3.63) is 29.9 Å². The van der Waals surface area contributed by atoms with E-state index in [9.17, 15) is 4.79 Å². The number of aromatic nitrogens is 3. The Kier molecular flexibility index (Phi) is 2.92. The Balaban J connectivity index is 2.05. The lowest BCUT2D eigenvalue weighted by atomic mass is 10.1. The molecular formula is C10H13N5O2. The molecule has 17 heavy (non-hydrogen) atoms. The van der Waals surface area contributed by atoms with Gasteiger partial charge in [-0.2, -0.15) is 10.1 Å². The van der Waals surface area contributed by atoms with E-state index >= 15 is 0 Å². The molecule has 0 bridgehead atoms. The number of amides is 1. The summed E-state index contributed by atoms with van der Waals surface area (Å²) in [5, 5.41) is 6.44. The number of anilines is 1. The molecule has 7 heteroatoms. The number of nitrogens with zero attached hydrogens (tertiary/aromatic N) is 3. The second-order valence-corrected chi connectivity index (χ2v) is 3.71. The summed E-state index contributed by atoms with van der Waals surface area (Å²) in [5.74, 6) is -0.389. The highest BCUT2D eigenvalue weighted by Crippen LogP contribution is 2.12. The summed E-state index contributed by atoms with van der Waals surface area (Å²) in [6.07, 6.45) is 4.68. The fraction of sp³-hybridized carbons (Fsp3) is 0.300. The van der Waals surface area contributed by atoms with Gasteiger partial charge in [0.1, 0.15) is 12.3 Å². The predicted octanol–water partition coefficient (Wildman–Crippen LogP) is 0.355. The first kappa shape index (κ1) is 11.3. The van der Waals surface area contributed by atoms with Gasteiger partial charge in [-0.1, -0.05) is 0 Å². The lowest BCUT2D eigenvalue weighted by molar-refractivity contribution is -0.117. The number of aryl methyl sites for hydroxylation is 2. The van der Waals surface area contributed by atoms with Gasteiger partial charge in [-0.3, -0.25) is 14.8 Å². The number of nitrogens with one attached hydrogen (secondary N) is 1. The standard InChI is InChI=1S/C10H13N5O2/c1-6-5-17-10(13-6)14-9(16)8(11)7-3-12-15(2)4-7/h3-5,8H,11H2,1-2H3,(H,13,14,16). The fourth-order valence-corrected chi connectivity index (χ4v) is 1.35. The Morgan fingerprint density at radius 1 is 1.65 bits per heavy atom. The summed E-state index contributed by atoms with van der Waals surface area (Å²) in [6.45, 7) is 1.76. The first-order chi connectivity index (χ1) is 8.06. The van der Waals surface area contributed by atoms with Gasteiger partial charge < -0.3 is 10.2 Å². The van der Waals surface area contributed by atoms with Crippen LogP contribution in [0.3, 0.4) is 0 Å². The maximum Gasteiger partial charge on any atom is 0.301 e. The van der Waals surface area contributed by atoms with Crippen molar-refractivity contribution in [3.63, 3.8) is 0 Å². The molecule has 7 nitrogen and oxygen atoms in total. The van der Waals surface area contributed by atoms with Crippen LogP contribution in [-0.2, 0) is 11.8 Å². The molecular weight excluding hydrogens is 222 g/mol. The Morgan fingerprint density at radius 3 is 2.94 bits per heavy atom. The second kappa shape index (κ2) is 4.38. The maximum atomic E-state index is 11.8. The Labute approximate surface area is 97.6 Å². The molecule has 3 N–H and O–H groups in total. The molecule has 2 aromatic rings. The third kappa shape index (κ3) is 2.51. The van der Waals surface area contributed by atoms with E-state index in [4.69, 9.17) is 10.2 Å². The Bertz CT molecular complexity index is 530. The predicted molar refractivity (Wildman–Crippen MR) is 60.0 cm³/mol. The average molecular weight is 235 g/mol. The van der Waals surface area contributed by atoms with Crippen molar-refractivity contribution in [2.24, 2.45) is 12.8 Å². The molecule has 90 valence electrons. The van der Waals surface area contributed by atoms with Gasteiger partial charge >= 0.3 is 6.01 Å². The maximum absolute atomic E-state index is 11.8. The number of carbonyl (C=O) groups is 1. The van der Waals surface area contributed by atoms with Gasteiger partial charge in [0.05, 0.1) is 11.9 Å². The molecule has 1 amide bonds. The zero-order valence-electron chi connectivity index (χ0n) is 9.54. The van der Waals surface area contributed by atoms with Crippen molar-refractivity contribution < 1.29 is 9.21 Å². The van der Waals surface area contributed by atoms with E-state index in [-0.39, 0.29) is 11.9 Å². The van der Waals surface area contributed by atoms with E-state index in [1.807, 2.05) is 0 Å². The summed E-state index contributed by atoms with van der Waals surface area (Å²) in [4.78, 5) is 15.7. The third-order valence-corrected chi connectivity index (χ3v) is 2.22. The van der Waals surface area contributed by atoms with Crippen LogP contribution in [0.2, 0.25) is 0 Å². The molecule has 2 rings (SSSR count). The molecule has 0 spiro atoms. The molecule has 0 aliphatic heterocycles. The van der Waals surface area contributed by atoms with Crippen LogP contribution in [0.1, 0.15) is 17.3 Å². The molecule has 0 aromatic carbocycles. The fourth-order valence-electron chi connectivity index (χ4n) is 1.35. The van der Waals surface area contributed by atoms with E-state index in [0.717, 1.165) is 0 Å².